The van der Waals surface area contributed by atoms with Gasteiger partial charge >= 0.3 is 0 Å². The number of rotatable bonds is 4. The zero-order valence-electron chi connectivity index (χ0n) is 10.9. The SMILES string of the molecule is CC(C)CN1CCC(O)(Cc2ccsc2)CC1. The third-order valence-electron chi connectivity index (χ3n) is 3.52. The van der Waals surface area contributed by atoms with Gasteiger partial charge in [0.1, 0.15) is 0 Å². The summed E-state index contributed by atoms with van der Waals surface area (Å²) in [6, 6.07) is 2.13. The quantitative estimate of drug-likeness (QED) is 0.892. The van der Waals surface area contributed by atoms with Gasteiger partial charge in [-0.15, -0.1) is 0 Å². The third kappa shape index (κ3) is 3.80. The molecular formula is C14H23NOS. The maximum absolute atomic E-state index is 10.6. The van der Waals surface area contributed by atoms with Crippen LogP contribution in [0.4, 0.5) is 0 Å². The van der Waals surface area contributed by atoms with Crippen LogP contribution in [-0.2, 0) is 6.42 Å². The lowest BCUT2D eigenvalue weighted by Gasteiger charge is -2.38. The molecule has 0 saturated carbocycles. The van der Waals surface area contributed by atoms with Gasteiger partial charge < -0.3 is 10.0 Å². The summed E-state index contributed by atoms with van der Waals surface area (Å²) < 4.78 is 0. The average Bonchev–Trinajstić information content (AvgIpc) is 2.74. The van der Waals surface area contributed by atoms with E-state index in [9.17, 15) is 5.11 Å². The second-order valence-electron chi connectivity index (χ2n) is 5.73. The fourth-order valence-corrected chi connectivity index (χ4v) is 3.29. The summed E-state index contributed by atoms with van der Waals surface area (Å²) in [5.41, 5.74) is 0.823. The Bertz CT molecular complexity index is 326. The molecule has 1 aromatic rings. The molecule has 1 aromatic heterocycles. The molecule has 0 aliphatic carbocycles. The normalized spacial score (nSPS) is 20.9. The monoisotopic (exact) mass is 253 g/mol. The van der Waals surface area contributed by atoms with Crippen LogP contribution < -0.4 is 0 Å². The number of aliphatic hydroxyl groups is 1. The van der Waals surface area contributed by atoms with E-state index < -0.39 is 5.60 Å². The van der Waals surface area contributed by atoms with Crippen molar-refractivity contribution in [3.05, 3.63) is 22.4 Å². The predicted octanol–water partition coefficient (Wildman–Crippen LogP) is 2.77. The molecule has 2 heterocycles. The summed E-state index contributed by atoms with van der Waals surface area (Å²) in [5, 5.41) is 14.8. The van der Waals surface area contributed by atoms with E-state index in [4.69, 9.17) is 0 Å². The highest BCUT2D eigenvalue weighted by molar-refractivity contribution is 7.07. The van der Waals surface area contributed by atoms with Crippen molar-refractivity contribution in [1.82, 2.24) is 4.90 Å². The van der Waals surface area contributed by atoms with Gasteiger partial charge in [0.05, 0.1) is 5.60 Å². The number of hydrogen-bond acceptors (Lipinski definition) is 3. The molecule has 1 aliphatic rings. The summed E-state index contributed by atoms with van der Waals surface area (Å²) in [4.78, 5) is 2.48. The molecule has 0 atom stereocenters. The lowest BCUT2D eigenvalue weighted by molar-refractivity contribution is -0.0226. The van der Waals surface area contributed by atoms with E-state index in [1.807, 2.05) is 0 Å². The molecular weight excluding hydrogens is 230 g/mol. The van der Waals surface area contributed by atoms with Crippen LogP contribution in [0, 0.1) is 5.92 Å². The van der Waals surface area contributed by atoms with Crippen LogP contribution in [0.5, 0.6) is 0 Å². The number of piperidine rings is 1. The topological polar surface area (TPSA) is 23.5 Å². The molecule has 1 aliphatic heterocycles. The standard InChI is InChI=1S/C14H23NOS/c1-12(2)10-15-6-4-14(16,5-7-15)9-13-3-8-17-11-13/h3,8,11-12,16H,4-7,9-10H2,1-2H3. The number of likely N-dealkylation sites (tertiary alicyclic amines) is 1. The second kappa shape index (κ2) is 5.51. The highest BCUT2D eigenvalue weighted by Gasteiger charge is 2.32. The molecule has 3 heteroatoms. The second-order valence-corrected chi connectivity index (χ2v) is 6.51. The molecule has 2 nitrogen and oxygen atoms in total. The lowest BCUT2D eigenvalue weighted by Crippen LogP contribution is -2.46. The van der Waals surface area contributed by atoms with Crippen molar-refractivity contribution >= 4 is 11.3 Å². The summed E-state index contributed by atoms with van der Waals surface area (Å²) >= 11 is 1.71. The molecule has 1 saturated heterocycles. The van der Waals surface area contributed by atoms with Gasteiger partial charge in [-0.25, -0.2) is 0 Å². The zero-order valence-corrected chi connectivity index (χ0v) is 11.7. The fourth-order valence-electron chi connectivity index (χ4n) is 2.62. The van der Waals surface area contributed by atoms with Crippen LogP contribution in [0.2, 0.25) is 0 Å². The summed E-state index contributed by atoms with van der Waals surface area (Å²) in [6.45, 7) is 7.75. The smallest absolute Gasteiger partial charge is 0.0712 e. The minimum Gasteiger partial charge on any atom is -0.389 e. The minimum atomic E-state index is -0.464. The van der Waals surface area contributed by atoms with Crippen molar-refractivity contribution in [2.75, 3.05) is 19.6 Å². The summed E-state index contributed by atoms with van der Waals surface area (Å²) in [7, 11) is 0. The van der Waals surface area contributed by atoms with Crippen LogP contribution in [-0.4, -0.2) is 35.2 Å². The van der Waals surface area contributed by atoms with Crippen molar-refractivity contribution in [2.45, 2.75) is 38.7 Å². The molecule has 0 aromatic carbocycles. The number of thiophene rings is 1. The maximum Gasteiger partial charge on any atom is 0.0712 e. The summed E-state index contributed by atoms with van der Waals surface area (Å²) in [6.07, 6.45) is 2.65. The molecule has 0 bridgehead atoms. The Morgan fingerprint density at radius 3 is 2.65 bits per heavy atom. The van der Waals surface area contributed by atoms with Gasteiger partial charge in [0.15, 0.2) is 0 Å². The van der Waals surface area contributed by atoms with Crippen LogP contribution >= 0.6 is 11.3 Å². The molecule has 17 heavy (non-hydrogen) atoms. The average molecular weight is 253 g/mol. The Labute approximate surface area is 108 Å². The lowest BCUT2D eigenvalue weighted by atomic mass is 9.86. The van der Waals surface area contributed by atoms with Crippen molar-refractivity contribution in [2.24, 2.45) is 5.92 Å². The highest BCUT2D eigenvalue weighted by atomic mass is 32.1. The van der Waals surface area contributed by atoms with Gasteiger partial charge in [0, 0.05) is 26.1 Å². The van der Waals surface area contributed by atoms with E-state index >= 15 is 0 Å². The van der Waals surface area contributed by atoms with Gasteiger partial charge in [0.2, 0.25) is 0 Å². The van der Waals surface area contributed by atoms with Crippen LogP contribution in [0.25, 0.3) is 0 Å². The molecule has 2 rings (SSSR count). The van der Waals surface area contributed by atoms with Gasteiger partial charge in [-0.3, -0.25) is 0 Å². The van der Waals surface area contributed by atoms with Crippen LogP contribution in [0.3, 0.4) is 0 Å². The van der Waals surface area contributed by atoms with Gasteiger partial charge in [0.25, 0.3) is 0 Å². The Morgan fingerprint density at radius 1 is 1.41 bits per heavy atom. The molecule has 0 radical (unpaired) electrons. The molecule has 0 amide bonds. The minimum absolute atomic E-state index is 0.464. The number of hydrogen-bond donors (Lipinski definition) is 1. The predicted molar refractivity (Wildman–Crippen MR) is 73.5 cm³/mol. The van der Waals surface area contributed by atoms with Crippen molar-refractivity contribution in [3.8, 4) is 0 Å². The van der Waals surface area contributed by atoms with E-state index in [1.165, 1.54) is 5.56 Å². The Kier molecular flexibility index (Phi) is 4.23. The molecule has 96 valence electrons. The first-order chi connectivity index (χ1) is 8.07. The van der Waals surface area contributed by atoms with Crippen molar-refractivity contribution in [3.63, 3.8) is 0 Å². The number of nitrogens with zero attached hydrogens (tertiary/aromatic N) is 1. The van der Waals surface area contributed by atoms with E-state index in [0.717, 1.165) is 44.8 Å². The third-order valence-corrected chi connectivity index (χ3v) is 4.26. The molecule has 1 N–H and O–H groups in total. The first kappa shape index (κ1) is 13.1. The fraction of sp³-hybridized carbons (Fsp3) is 0.714. The highest BCUT2D eigenvalue weighted by Crippen LogP contribution is 2.27. The Morgan fingerprint density at radius 2 is 2.12 bits per heavy atom. The van der Waals surface area contributed by atoms with E-state index in [-0.39, 0.29) is 0 Å². The van der Waals surface area contributed by atoms with E-state index in [2.05, 4.69) is 35.6 Å². The Hall–Kier alpha value is -0.380. The van der Waals surface area contributed by atoms with E-state index in [0.29, 0.717) is 0 Å². The van der Waals surface area contributed by atoms with Crippen molar-refractivity contribution < 1.29 is 5.11 Å². The van der Waals surface area contributed by atoms with E-state index in [1.54, 1.807) is 11.3 Å². The van der Waals surface area contributed by atoms with Gasteiger partial charge in [-0.05, 0) is 41.1 Å². The largest absolute Gasteiger partial charge is 0.389 e. The van der Waals surface area contributed by atoms with Crippen LogP contribution in [0.15, 0.2) is 16.8 Å². The van der Waals surface area contributed by atoms with Gasteiger partial charge in [-0.2, -0.15) is 11.3 Å². The van der Waals surface area contributed by atoms with Crippen molar-refractivity contribution in [1.29, 1.82) is 0 Å². The van der Waals surface area contributed by atoms with Crippen LogP contribution in [0.1, 0.15) is 32.3 Å². The first-order valence-corrected chi connectivity index (χ1v) is 7.47. The molecule has 1 fully saturated rings. The maximum atomic E-state index is 10.6. The molecule has 0 unspecified atom stereocenters. The summed E-state index contributed by atoms with van der Waals surface area (Å²) in [5.74, 6) is 0.720. The Balaban J connectivity index is 1.84. The molecule has 0 spiro atoms. The zero-order chi connectivity index (χ0) is 12.3. The van der Waals surface area contributed by atoms with Gasteiger partial charge in [-0.1, -0.05) is 13.8 Å². The first-order valence-electron chi connectivity index (χ1n) is 6.53.